The Hall–Kier alpha value is -0.620. The number of unbranched alkanes of at least 4 members (excludes halogenated alkanes) is 5. The van der Waals surface area contributed by atoms with Crippen molar-refractivity contribution in [2.75, 3.05) is 6.61 Å². The summed E-state index contributed by atoms with van der Waals surface area (Å²) < 4.78 is 0. The van der Waals surface area contributed by atoms with Crippen molar-refractivity contribution in [2.45, 2.75) is 45.4 Å². The third-order valence-corrected chi connectivity index (χ3v) is 1.79. The molecule has 0 amide bonds. The minimum atomic E-state index is 0.476. The molecule has 0 unspecified atom stereocenters. The van der Waals surface area contributed by atoms with Gasteiger partial charge in [-0.3, -0.25) is 0 Å². The Balaban J connectivity index is 2.83. The van der Waals surface area contributed by atoms with Gasteiger partial charge in [-0.1, -0.05) is 45.6 Å². The highest BCUT2D eigenvalue weighted by molar-refractivity contribution is 4.42. The molecule has 0 aliphatic carbocycles. The Morgan fingerprint density at radius 1 is 0.933 bits per heavy atom. The second kappa shape index (κ2) is 13.4. The van der Waals surface area contributed by atoms with E-state index < -0.39 is 0 Å². The molecule has 0 rings (SSSR count). The maximum atomic E-state index is 4.63. The molecule has 0 aliphatic rings. The topological polar surface area (TPSA) is 46.2 Å². The zero-order valence-electron chi connectivity index (χ0n) is 9.28. The predicted octanol–water partition coefficient (Wildman–Crippen LogP) is 3.23. The maximum Gasteiger partial charge on any atom is 0.125 e. The van der Waals surface area contributed by atoms with Crippen LogP contribution < -0.4 is 0 Å². The molecule has 90 valence electrons. The van der Waals surface area contributed by atoms with Gasteiger partial charge in [0.25, 0.3) is 0 Å². The molecule has 15 heavy (non-hydrogen) atoms. The zero-order valence-corrected chi connectivity index (χ0v) is 9.28. The average Bonchev–Trinajstić information content (AvgIpc) is 2.26. The summed E-state index contributed by atoms with van der Waals surface area (Å²) in [5, 5.41) is 12.1. The molecular formula is C10H20O5. The summed E-state index contributed by atoms with van der Waals surface area (Å²) in [5.41, 5.74) is 0. The van der Waals surface area contributed by atoms with E-state index in [1.165, 1.54) is 25.7 Å². The highest BCUT2D eigenvalue weighted by Gasteiger charge is 1.93. The van der Waals surface area contributed by atoms with Gasteiger partial charge in [-0.15, -0.1) is 0 Å². The summed E-state index contributed by atoms with van der Waals surface area (Å²) in [7, 11) is 0. The minimum Gasteiger partial charge on any atom is -0.315 e. The first-order valence-corrected chi connectivity index (χ1v) is 5.31. The lowest BCUT2D eigenvalue weighted by Gasteiger charge is -2.01. The van der Waals surface area contributed by atoms with Crippen molar-refractivity contribution in [3.63, 3.8) is 0 Å². The van der Waals surface area contributed by atoms with Crippen LogP contribution in [-0.2, 0) is 24.9 Å². The second-order valence-corrected chi connectivity index (χ2v) is 3.06. The Morgan fingerprint density at radius 3 is 2.40 bits per heavy atom. The molecule has 0 aromatic rings. The SMILES string of the molecule is C=COOOOOCCCCCCCC. The van der Waals surface area contributed by atoms with E-state index in [0.29, 0.717) is 6.61 Å². The third kappa shape index (κ3) is 13.4. The number of hydrogen-bond donors (Lipinski definition) is 0. The van der Waals surface area contributed by atoms with E-state index in [9.17, 15) is 0 Å². The van der Waals surface area contributed by atoms with Gasteiger partial charge in [0.05, 0.1) is 6.61 Å². The van der Waals surface area contributed by atoms with Gasteiger partial charge in [-0.2, -0.15) is 0 Å². The molecule has 0 bridgehead atoms. The smallest absolute Gasteiger partial charge is 0.125 e. The van der Waals surface area contributed by atoms with Crippen LogP contribution in [-0.4, -0.2) is 6.61 Å². The van der Waals surface area contributed by atoms with Gasteiger partial charge >= 0.3 is 0 Å². The lowest BCUT2D eigenvalue weighted by atomic mass is 10.1. The van der Waals surface area contributed by atoms with Crippen molar-refractivity contribution >= 4 is 0 Å². The van der Waals surface area contributed by atoms with E-state index in [1.807, 2.05) is 0 Å². The lowest BCUT2D eigenvalue weighted by molar-refractivity contribution is -0.700. The molecule has 0 spiro atoms. The summed E-state index contributed by atoms with van der Waals surface area (Å²) >= 11 is 0. The Kier molecular flexibility index (Phi) is 12.8. The van der Waals surface area contributed by atoms with Gasteiger partial charge in [-0.25, -0.2) is 4.89 Å². The van der Waals surface area contributed by atoms with Crippen LogP contribution in [0.25, 0.3) is 0 Å². The molecular weight excluding hydrogens is 200 g/mol. The van der Waals surface area contributed by atoms with Crippen LogP contribution in [0.5, 0.6) is 0 Å². The van der Waals surface area contributed by atoms with Crippen molar-refractivity contribution in [1.82, 2.24) is 0 Å². The summed E-state index contributed by atoms with van der Waals surface area (Å²) in [6.07, 6.45) is 8.19. The van der Waals surface area contributed by atoms with Gasteiger partial charge in [0.15, 0.2) is 0 Å². The quantitative estimate of drug-likeness (QED) is 0.219. The Labute approximate surface area is 90.6 Å². The molecule has 0 radical (unpaired) electrons. The maximum absolute atomic E-state index is 4.63. The van der Waals surface area contributed by atoms with Gasteiger partial charge in [0.2, 0.25) is 0 Å². The van der Waals surface area contributed by atoms with E-state index in [1.54, 1.807) is 0 Å². The van der Waals surface area contributed by atoms with Crippen molar-refractivity contribution in [3.8, 4) is 0 Å². The van der Waals surface area contributed by atoms with Crippen molar-refractivity contribution in [1.29, 1.82) is 0 Å². The fourth-order valence-electron chi connectivity index (χ4n) is 1.05. The molecule has 0 fully saturated rings. The Morgan fingerprint density at radius 2 is 1.67 bits per heavy atom. The summed E-state index contributed by atoms with van der Waals surface area (Å²) in [6, 6.07) is 0. The van der Waals surface area contributed by atoms with Crippen molar-refractivity contribution < 1.29 is 24.9 Å². The zero-order chi connectivity index (χ0) is 11.2. The normalized spacial score (nSPS) is 10.2. The molecule has 0 aromatic heterocycles. The van der Waals surface area contributed by atoms with Crippen LogP contribution in [0.15, 0.2) is 12.8 Å². The molecule has 0 saturated heterocycles. The molecule has 0 N–H and O–H groups in total. The van der Waals surface area contributed by atoms with Crippen LogP contribution in [0.4, 0.5) is 0 Å². The van der Waals surface area contributed by atoms with Gasteiger partial charge in [-0.05, 0) is 11.5 Å². The first-order valence-electron chi connectivity index (χ1n) is 5.31. The number of hydrogen-bond acceptors (Lipinski definition) is 5. The van der Waals surface area contributed by atoms with Gasteiger partial charge in [0, 0.05) is 10.1 Å². The molecule has 0 heterocycles. The molecule has 0 aliphatic heterocycles. The molecule has 0 atom stereocenters. The summed E-state index contributed by atoms with van der Waals surface area (Å²) in [4.78, 5) is 8.77. The summed E-state index contributed by atoms with van der Waals surface area (Å²) in [5.74, 6) is 0. The first kappa shape index (κ1) is 14.4. The monoisotopic (exact) mass is 220 g/mol. The minimum absolute atomic E-state index is 0.476. The van der Waals surface area contributed by atoms with Crippen LogP contribution in [0.1, 0.15) is 45.4 Å². The van der Waals surface area contributed by atoms with Crippen LogP contribution >= 0.6 is 0 Å². The average molecular weight is 220 g/mol. The number of rotatable bonds is 12. The predicted molar refractivity (Wildman–Crippen MR) is 53.9 cm³/mol. The molecule has 0 saturated carbocycles. The second-order valence-electron chi connectivity index (χ2n) is 3.06. The lowest BCUT2D eigenvalue weighted by Crippen LogP contribution is -1.99. The highest BCUT2D eigenvalue weighted by atomic mass is 17.8. The standard InChI is InChI=1S/C10H20O5/c1-3-5-6-7-8-9-10-12-14-15-13-11-4-2/h4H,2-3,5-10H2,1H3. The summed E-state index contributed by atoms with van der Waals surface area (Å²) in [6.45, 7) is 5.89. The van der Waals surface area contributed by atoms with E-state index in [-0.39, 0.29) is 0 Å². The van der Waals surface area contributed by atoms with Crippen LogP contribution in [0.2, 0.25) is 0 Å². The van der Waals surface area contributed by atoms with E-state index in [4.69, 9.17) is 0 Å². The van der Waals surface area contributed by atoms with E-state index in [2.05, 4.69) is 38.4 Å². The van der Waals surface area contributed by atoms with Crippen LogP contribution in [0.3, 0.4) is 0 Å². The molecule has 5 nitrogen and oxygen atoms in total. The third-order valence-electron chi connectivity index (χ3n) is 1.79. The highest BCUT2D eigenvalue weighted by Crippen LogP contribution is 2.04. The fourth-order valence-corrected chi connectivity index (χ4v) is 1.05. The van der Waals surface area contributed by atoms with Gasteiger partial charge in [0.1, 0.15) is 6.26 Å². The molecule has 5 heteroatoms. The molecule has 0 aromatic carbocycles. The van der Waals surface area contributed by atoms with Gasteiger partial charge < -0.3 is 4.89 Å². The largest absolute Gasteiger partial charge is 0.315 e. The van der Waals surface area contributed by atoms with E-state index in [0.717, 1.165) is 19.1 Å². The Bertz CT molecular complexity index is 129. The van der Waals surface area contributed by atoms with E-state index >= 15 is 0 Å². The van der Waals surface area contributed by atoms with Crippen molar-refractivity contribution in [3.05, 3.63) is 12.8 Å². The fraction of sp³-hybridized carbons (Fsp3) is 0.800. The van der Waals surface area contributed by atoms with Crippen molar-refractivity contribution in [2.24, 2.45) is 0 Å². The first-order chi connectivity index (χ1) is 7.41. The van der Waals surface area contributed by atoms with Crippen LogP contribution in [0, 0.1) is 0 Å².